The number of fused-ring (bicyclic) bond motifs is 3. The van der Waals surface area contributed by atoms with Gasteiger partial charge in [-0.1, -0.05) is 53.7 Å². The van der Waals surface area contributed by atoms with Crippen molar-refractivity contribution < 1.29 is 4.42 Å². The lowest BCUT2D eigenvalue weighted by Crippen LogP contribution is -2.12. The summed E-state index contributed by atoms with van der Waals surface area (Å²) in [6, 6.07) is 12.7. The fraction of sp³-hybridized carbons (Fsp3) is 0.385. The molecule has 0 amide bonds. The van der Waals surface area contributed by atoms with Gasteiger partial charge in [-0.25, -0.2) is 4.98 Å². The second kappa shape index (κ2) is 6.69. The molecule has 1 aromatic carbocycles. The highest BCUT2D eigenvalue weighted by Gasteiger charge is 2.20. The first-order chi connectivity index (χ1) is 13.5. The van der Waals surface area contributed by atoms with Crippen molar-refractivity contribution in [3.05, 3.63) is 59.4 Å². The lowest BCUT2D eigenvalue weighted by atomic mass is 9.86. The SMILES string of the molecule is Cc1cnc(-c2cccc3c2oc2nc(C(C)(C)C)ccc23)cc1CC(C)(C)C. The molecular formula is C26H30N2O. The Morgan fingerprint density at radius 2 is 1.69 bits per heavy atom. The summed E-state index contributed by atoms with van der Waals surface area (Å²) < 4.78 is 6.29. The molecule has 0 saturated heterocycles. The minimum Gasteiger partial charge on any atom is -0.437 e. The third-order valence-corrected chi connectivity index (χ3v) is 5.34. The van der Waals surface area contributed by atoms with Crippen LogP contribution in [-0.4, -0.2) is 9.97 Å². The van der Waals surface area contributed by atoms with Gasteiger partial charge in [0.1, 0.15) is 5.58 Å². The van der Waals surface area contributed by atoms with Crippen LogP contribution in [0.5, 0.6) is 0 Å². The molecule has 0 fully saturated rings. The van der Waals surface area contributed by atoms with Crippen LogP contribution in [0.25, 0.3) is 33.3 Å². The van der Waals surface area contributed by atoms with E-state index in [-0.39, 0.29) is 10.8 Å². The summed E-state index contributed by atoms with van der Waals surface area (Å²) in [5, 5.41) is 2.14. The number of aromatic nitrogens is 2. The van der Waals surface area contributed by atoms with E-state index < -0.39 is 0 Å². The number of hydrogen-bond acceptors (Lipinski definition) is 3. The Labute approximate surface area is 173 Å². The van der Waals surface area contributed by atoms with Gasteiger partial charge in [0.2, 0.25) is 5.71 Å². The fourth-order valence-corrected chi connectivity index (χ4v) is 3.77. The second-order valence-corrected chi connectivity index (χ2v) is 10.3. The second-order valence-electron chi connectivity index (χ2n) is 10.3. The van der Waals surface area contributed by atoms with Crippen LogP contribution in [0.3, 0.4) is 0 Å². The fourth-order valence-electron chi connectivity index (χ4n) is 3.77. The number of hydrogen-bond donors (Lipinski definition) is 0. The van der Waals surface area contributed by atoms with Crippen molar-refractivity contribution in [1.29, 1.82) is 0 Å². The Balaban J connectivity index is 1.90. The molecule has 0 radical (unpaired) electrons. The Hall–Kier alpha value is -2.68. The third kappa shape index (κ3) is 3.78. The van der Waals surface area contributed by atoms with Crippen LogP contribution in [0.4, 0.5) is 0 Å². The lowest BCUT2D eigenvalue weighted by molar-refractivity contribution is 0.410. The van der Waals surface area contributed by atoms with Crippen LogP contribution in [0, 0.1) is 12.3 Å². The predicted octanol–water partition coefficient (Wildman–Crippen LogP) is 7.24. The first-order valence-electron chi connectivity index (χ1n) is 10.3. The Morgan fingerprint density at radius 1 is 0.931 bits per heavy atom. The quantitative estimate of drug-likeness (QED) is 0.364. The van der Waals surface area contributed by atoms with Gasteiger partial charge in [-0.05, 0) is 54.2 Å². The summed E-state index contributed by atoms with van der Waals surface area (Å²) in [5.74, 6) is 0. The molecule has 0 N–H and O–H groups in total. The minimum atomic E-state index is -0.0175. The molecule has 0 aliphatic carbocycles. The number of furan rings is 1. The molecule has 3 heterocycles. The molecule has 0 aliphatic rings. The van der Waals surface area contributed by atoms with Gasteiger partial charge in [0.25, 0.3) is 0 Å². The zero-order chi connectivity index (χ0) is 21.0. The van der Waals surface area contributed by atoms with Crippen molar-refractivity contribution in [2.24, 2.45) is 5.41 Å². The average molecular weight is 387 g/mol. The van der Waals surface area contributed by atoms with E-state index in [4.69, 9.17) is 14.4 Å². The van der Waals surface area contributed by atoms with Crippen molar-refractivity contribution in [3.63, 3.8) is 0 Å². The highest BCUT2D eigenvalue weighted by Crippen LogP contribution is 2.36. The number of para-hydroxylation sites is 1. The molecule has 0 saturated carbocycles. The number of nitrogens with zero attached hydrogens (tertiary/aromatic N) is 2. The van der Waals surface area contributed by atoms with Gasteiger partial charge in [-0.3, -0.25) is 4.98 Å². The van der Waals surface area contributed by atoms with Crippen LogP contribution >= 0.6 is 0 Å². The van der Waals surface area contributed by atoms with E-state index in [1.165, 1.54) is 11.1 Å². The van der Waals surface area contributed by atoms with Crippen molar-refractivity contribution in [1.82, 2.24) is 9.97 Å². The summed E-state index contributed by atoms with van der Waals surface area (Å²) in [5.41, 5.74) is 7.34. The van der Waals surface area contributed by atoms with Gasteiger partial charge in [-0.15, -0.1) is 0 Å². The maximum Gasteiger partial charge on any atom is 0.227 e. The molecular weight excluding hydrogens is 356 g/mol. The summed E-state index contributed by atoms with van der Waals surface area (Å²) >= 11 is 0. The van der Waals surface area contributed by atoms with E-state index in [1.54, 1.807) is 0 Å². The van der Waals surface area contributed by atoms with E-state index in [2.05, 4.69) is 84.9 Å². The van der Waals surface area contributed by atoms with E-state index in [0.717, 1.165) is 39.7 Å². The number of pyridine rings is 2. The summed E-state index contributed by atoms with van der Waals surface area (Å²) in [6.45, 7) is 15.4. The van der Waals surface area contributed by atoms with Crippen molar-refractivity contribution >= 4 is 22.1 Å². The van der Waals surface area contributed by atoms with E-state index in [9.17, 15) is 0 Å². The van der Waals surface area contributed by atoms with Crippen molar-refractivity contribution in [3.8, 4) is 11.3 Å². The van der Waals surface area contributed by atoms with Crippen molar-refractivity contribution in [2.45, 2.75) is 60.3 Å². The molecule has 4 aromatic rings. The van der Waals surface area contributed by atoms with Crippen LogP contribution in [0.15, 0.2) is 47.0 Å². The van der Waals surface area contributed by atoms with Gasteiger partial charge >= 0.3 is 0 Å². The maximum atomic E-state index is 6.29. The molecule has 0 atom stereocenters. The van der Waals surface area contributed by atoms with Gasteiger partial charge in [-0.2, -0.15) is 0 Å². The molecule has 0 aliphatic heterocycles. The summed E-state index contributed by atoms with van der Waals surface area (Å²) in [7, 11) is 0. The molecule has 150 valence electrons. The standard InChI is InChI=1S/C26H30N2O/c1-16-15-27-21(13-17(16)14-25(2,3)4)20-10-8-9-18-19-11-12-22(26(5,6)7)28-24(19)29-23(18)20/h8-13,15H,14H2,1-7H3. The monoisotopic (exact) mass is 386 g/mol. The minimum absolute atomic E-state index is 0.0175. The van der Waals surface area contributed by atoms with Crippen LogP contribution in [0.2, 0.25) is 0 Å². The number of aryl methyl sites for hydroxylation is 1. The first kappa shape index (κ1) is 19.6. The van der Waals surface area contributed by atoms with Crippen molar-refractivity contribution in [2.75, 3.05) is 0 Å². The normalized spacial score (nSPS) is 12.8. The Kier molecular flexibility index (Phi) is 4.53. The topological polar surface area (TPSA) is 38.9 Å². The molecule has 3 aromatic heterocycles. The third-order valence-electron chi connectivity index (χ3n) is 5.34. The molecule has 29 heavy (non-hydrogen) atoms. The largest absolute Gasteiger partial charge is 0.437 e. The molecule has 0 unspecified atom stereocenters. The maximum absolute atomic E-state index is 6.29. The van der Waals surface area contributed by atoms with E-state index in [0.29, 0.717) is 5.71 Å². The van der Waals surface area contributed by atoms with Gasteiger partial charge in [0.05, 0.1) is 5.69 Å². The van der Waals surface area contributed by atoms with E-state index >= 15 is 0 Å². The average Bonchev–Trinajstić information content (AvgIpc) is 2.99. The highest BCUT2D eigenvalue weighted by atomic mass is 16.3. The van der Waals surface area contributed by atoms with Crippen LogP contribution in [0.1, 0.15) is 58.4 Å². The Morgan fingerprint density at radius 3 is 2.38 bits per heavy atom. The summed E-state index contributed by atoms with van der Waals surface area (Å²) in [6.07, 6.45) is 2.99. The highest BCUT2D eigenvalue weighted by molar-refractivity contribution is 6.08. The smallest absolute Gasteiger partial charge is 0.227 e. The lowest BCUT2D eigenvalue weighted by Gasteiger charge is -2.20. The Bertz CT molecular complexity index is 1200. The van der Waals surface area contributed by atoms with Crippen LogP contribution in [-0.2, 0) is 11.8 Å². The molecule has 3 heteroatoms. The van der Waals surface area contributed by atoms with Crippen LogP contribution < -0.4 is 0 Å². The first-order valence-corrected chi connectivity index (χ1v) is 10.3. The number of rotatable bonds is 2. The zero-order valence-electron chi connectivity index (χ0n) is 18.6. The van der Waals surface area contributed by atoms with Gasteiger partial charge in [0.15, 0.2) is 0 Å². The predicted molar refractivity (Wildman–Crippen MR) is 121 cm³/mol. The molecule has 3 nitrogen and oxygen atoms in total. The van der Waals surface area contributed by atoms with Gasteiger partial charge < -0.3 is 4.42 Å². The van der Waals surface area contributed by atoms with Gasteiger partial charge in [0, 0.05) is 33.6 Å². The number of benzene rings is 1. The summed E-state index contributed by atoms with van der Waals surface area (Å²) in [4.78, 5) is 9.55. The zero-order valence-corrected chi connectivity index (χ0v) is 18.6. The van der Waals surface area contributed by atoms with E-state index in [1.807, 2.05) is 6.20 Å². The molecule has 4 rings (SSSR count). The molecule has 0 spiro atoms. The molecule has 0 bridgehead atoms.